The van der Waals surface area contributed by atoms with Gasteiger partial charge in [-0.2, -0.15) is 0 Å². The molecule has 0 amide bonds. The van der Waals surface area contributed by atoms with Crippen LogP contribution in [0, 0.1) is 0 Å². The summed E-state index contributed by atoms with van der Waals surface area (Å²) in [6.07, 6.45) is 2.39. The zero-order chi connectivity index (χ0) is 12.4. The Labute approximate surface area is 117 Å². The van der Waals surface area contributed by atoms with Crippen LogP contribution in [0.2, 0.25) is 10.0 Å². The summed E-state index contributed by atoms with van der Waals surface area (Å²) < 4.78 is 0. The van der Waals surface area contributed by atoms with Gasteiger partial charge in [0, 0.05) is 0 Å². The van der Waals surface area contributed by atoms with Crippen LogP contribution in [0.5, 0.6) is 0 Å². The Kier molecular flexibility index (Phi) is 4.26. The lowest BCUT2D eigenvalue weighted by atomic mass is 10.1. The monoisotopic (exact) mass is 288 g/mol. The number of hydrogen-bond donors (Lipinski definition) is 1. The molecule has 92 valence electrons. The fraction of sp³-hybridized carbons (Fsp3) is 0.417. The first-order chi connectivity index (χ1) is 8.09. The summed E-state index contributed by atoms with van der Waals surface area (Å²) in [4.78, 5) is 2.78. The van der Waals surface area contributed by atoms with Crippen molar-refractivity contribution in [3.8, 4) is 0 Å². The molecule has 1 unspecified atom stereocenters. The molecule has 0 spiro atoms. The van der Waals surface area contributed by atoms with Crippen molar-refractivity contribution < 1.29 is 0 Å². The van der Waals surface area contributed by atoms with Gasteiger partial charge in [0.2, 0.25) is 0 Å². The Bertz CT molecular complexity index is 431. The molecule has 2 N–H and O–H groups in total. The van der Waals surface area contributed by atoms with Crippen LogP contribution in [0.15, 0.2) is 18.2 Å². The van der Waals surface area contributed by atoms with Crippen molar-refractivity contribution in [3.05, 3.63) is 33.8 Å². The standard InChI is InChI=1S/C12H14Cl2N2S/c13-9-4-3-8(7-10(9)14)11(12(15)17)16-5-1-2-6-16/h3-4,7,11H,1-2,5-6H2,(H2,15,17). The highest BCUT2D eigenvalue weighted by atomic mass is 35.5. The largest absolute Gasteiger partial charge is 0.392 e. The summed E-state index contributed by atoms with van der Waals surface area (Å²) in [6, 6.07) is 5.56. The van der Waals surface area contributed by atoms with E-state index in [1.165, 1.54) is 12.8 Å². The molecule has 1 saturated heterocycles. The Morgan fingerprint density at radius 2 is 1.88 bits per heavy atom. The molecule has 0 aromatic heterocycles. The highest BCUT2D eigenvalue weighted by Crippen LogP contribution is 2.30. The summed E-state index contributed by atoms with van der Waals surface area (Å²) in [5, 5.41) is 1.10. The average molecular weight is 289 g/mol. The summed E-state index contributed by atoms with van der Waals surface area (Å²) >= 11 is 17.1. The normalized spacial score (nSPS) is 18.2. The zero-order valence-corrected chi connectivity index (χ0v) is 11.7. The summed E-state index contributed by atoms with van der Waals surface area (Å²) in [5.41, 5.74) is 6.87. The lowest BCUT2D eigenvalue weighted by Gasteiger charge is -2.27. The molecule has 0 saturated carbocycles. The fourth-order valence-electron chi connectivity index (χ4n) is 2.24. The Morgan fingerprint density at radius 1 is 1.24 bits per heavy atom. The molecule has 1 aliphatic heterocycles. The average Bonchev–Trinajstić information content (AvgIpc) is 2.76. The molecule has 17 heavy (non-hydrogen) atoms. The molecule has 1 heterocycles. The quantitative estimate of drug-likeness (QED) is 0.865. The van der Waals surface area contributed by atoms with Crippen LogP contribution < -0.4 is 5.73 Å². The van der Waals surface area contributed by atoms with Crippen molar-refractivity contribution in [2.24, 2.45) is 5.73 Å². The van der Waals surface area contributed by atoms with Crippen molar-refractivity contribution >= 4 is 40.4 Å². The van der Waals surface area contributed by atoms with Crippen molar-refractivity contribution in [3.63, 3.8) is 0 Å². The van der Waals surface area contributed by atoms with Gasteiger partial charge in [-0.3, -0.25) is 4.90 Å². The van der Waals surface area contributed by atoms with Crippen LogP contribution in [0.3, 0.4) is 0 Å². The summed E-state index contributed by atoms with van der Waals surface area (Å²) in [6.45, 7) is 2.06. The van der Waals surface area contributed by atoms with Gasteiger partial charge in [-0.05, 0) is 43.6 Å². The number of thiocarbonyl (C=S) groups is 1. The maximum absolute atomic E-state index is 6.03. The number of benzene rings is 1. The Morgan fingerprint density at radius 3 is 2.41 bits per heavy atom. The molecule has 1 atom stereocenters. The number of nitrogens with zero attached hydrogens (tertiary/aromatic N) is 1. The Hall–Kier alpha value is -0.350. The van der Waals surface area contributed by atoms with Gasteiger partial charge in [0.05, 0.1) is 21.1 Å². The Balaban J connectivity index is 2.31. The lowest BCUT2D eigenvalue weighted by Crippen LogP contribution is -2.34. The van der Waals surface area contributed by atoms with Crippen LogP contribution in [0.25, 0.3) is 0 Å². The number of rotatable bonds is 3. The first-order valence-corrected chi connectivity index (χ1v) is 6.74. The molecule has 2 rings (SSSR count). The number of halogens is 2. The topological polar surface area (TPSA) is 29.3 Å². The number of hydrogen-bond acceptors (Lipinski definition) is 2. The molecular weight excluding hydrogens is 275 g/mol. The molecule has 5 heteroatoms. The predicted octanol–water partition coefficient (Wildman–Crippen LogP) is 3.42. The SMILES string of the molecule is NC(=S)C(c1ccc(Cl)c(Cl)c1)N1CCCC1. The van der Waals surface area contributed by atoms with Gasteiger partial charge in [-0.1, -0.05) is 41.5 Å². The molecule has 1 aromatic carbocycles. The van der Waals surface area contributed by atoms with Crippen LogP contribution in [-0.2, 0) is 0 Å². The van der Waals surface area contributed by atoms with Crippen LogP contribution in [-0.4, -0.2) is 23.0 Å². The fourth-order valence-corrected chi connectivity index (χ4v) is 2.83. The van der Waals surface area contributed by atoms with E-state index >= 15 is 0 Å². The van der Waals surface area contributed by atoms with Crippen molar-refractivity contribution in [1.82, 2.24) is 4.90 Å². The van der Waals surface area contributed by atoms with E-state index in [2.05, 4.69) is 4.90 Å². The van der Waals surface area contributed by atoms with Gasteiger partial charge in [-0.25, -0.2) is 0 Å². The minimum absolute atomic E-state index is 0.0257. The van der Waals surface area contributed by atoms with E-state index in [1.54, 1.807) is 6.07 Å². The molecule has 1 aliphatic rings. The predicted molar refractivity (Wildman–Crippen MR) is 76.8 cm³/mol. The first-order valence-electron chi connectivity index (χ1n) is 5.58. The minimum Gasteiger partial charge on any atom is -0.392 e. The van der Waals surface area contributed by atoms with Crippen molar-refractivity contribution in [2.75, 3.05) is 13.1 Å². The highest BCUT2D eigenvalue weighted by molar-refractivity contribution is 7.80. The second-order valence-corrected chi connectivity index (χ2v) is 5.51. The summed E-state index contributed by atoms with van der Waals surface area (Å²) in [5.74, 6) is 0. The first kappa shape index (κ1) is 13.1. The van der Waals surface area contributed by atoms with E-state index in [0.29, 0.717) is 15.0 Å². The maximum Gasteiger partial charge on any atom is 0.0948 e. The van der Waals surface area contributed by atoms with Crippen molar-refractivity contribution in [1.29, 1.82) is 0 Å². The number of nitrogens with two attached hydrogens (primary N) is 1. The van der Waals surface area contributed by atoms with Gasteiger partial charge in [0.1, 0.15) is 0 Å². The molecule has 2 nitrogen and oxygen atoms in total. The van der Waals surface area contributed by atoms with E-state index in [0.717, 1.165) is 18.7 Å². The second-order valence-electron chi connectivity index (χ2n) is 4.22. The second kappa shape index (κ2) is 5.53. The third-order valence-electron chi connectivity index (χ3n) is 3.03. The van der Waals surface area contributed by atoms with Crippen LogP contribution in [0.4, 0.5) is 0 Å². The van der Waals surface area contributed by atoms with Crippen molar-refractivity contribution in [2.45, 2.75) is 18.9 Å². The van der Waals surface area contributed by atoms with E-state index in [-0.39, 0.29) is 6.04 Å². The van der Waals surface area contributed by atoms with E-state index in [1.807, 2.05) is 12.1 Å². The van der Waals surface area contributed by atoms with E-state index in [9.17, 15) is 0 Å². The summed E-state index contributed by atoms with van der Waals surface area (Å²) in [7, 11) is 0. The molecule has 0 radical (unpaired) electrons. The lowest BCUT2D eigenvalue weighted by molar-refractivity contribution is 0.305. The third-order valence-corrected chi connectivity index (χ3v) is 4.00. The maximum atomic E-state index is 6.03. The van der Waals surface area contributed by atoms with Crippen LogP contribution >= 0.6 is 35.4 Å². The molecular formula is C12H14Cl2N2S. The molecule has 1 fully saturated rings. The van der Waals surface area contributed by atoms with E-state index in [4.69, 9.17) is 41.2 Å². The van der Waals surface area contributed by atoms with Crippen LogP contribution in [0.1, 0.15) is 24.4 Å². The van der Waals surface area contributed by atoms with Gasteiger partial charge >= 0.3 is 0 Å². The molecule has 1 aromatic rings. The van der Waals surface area contributed by atoms with Gasteiger partial charge in [-0.15, -0.1) is 0 Å². The highest BCUT2D eigenvalue weighted by Gasteiger charge is 2.25. The van der Waals surface area contributed by atoms with Gasteiger partial charge in [0.15, 0.2) is 0 Å². The zero-order valence-electron chi connectivity index (χ0n) is 9.33. The van der Waals surface area contributed by atoms with Gasteiger partial charge < -0.3 is 5.73 Å². The van der Waals surface area contributed by atoms with E-state index < -0.39 is 0 Å². The number of likely N-dealkylation sites (tertiary alicyclic amines) is 1. The minimum atomic E-state index is -0.0257. The molecule has 0 aliphatic carbocycles. The smallest absolute Gasteiger partial charge is 0.0948 e. The third kappa shape index (κ3) is 2.91. The molecule has 0 bridgehead atoms. The van der Waals surface area contributed by atoms with Gasteiger partial charge in [0.25, 0.3) is 0 Å².